The minimum absolute atomic E-state index is 0.193. The summed E-state index contributed by atoms with van der Waals surface area (Å²) < 4.78 is 5.53. The van der Waals surface area contributed by atoms with Crippen LogP contribution in [0.5, 0.6) is 5.75 Å². The van der Waals surface area contributed by atoms with Crippen molar-refractivity contribution in [2.45, 2.75) is 20.0 Å². The Morgan fingerprint density at radius 2 is 1.83 bits per heavy atom. The third kappa shape index (κ3) is 4.88. The molecule has 2 N–H and O–H groups in total. The average Bonchev–Trinajstić information content (AvgIpc) is 2.52. The number of hydrogen-bond acceptors (Lipinski definition) is 3. The topological polar surface area (TPSA) is 67.4 Å². The fourth-order valence-corrected chi connectivity index (χ4v) is 2.40. The molecule has 0 aromatic heterocycles. The predicted molar refractivity (Wildman–Crippen MR) is 93.3 cm³/mol. The standard InChI is InChI=1S/C17H16Cl2N2O3/c1-10-4-3-5-13(8-10)24-11(2)16(22)20-21-17(23)14-7-6-12(18)9-15(14)19/h3-9,11H,1-2H3,(H,20,22)(H,21,23). The van der Waals surface area contributed by atoms with E-state index in [1.165, 1.54) is 18.2 Å². The Morgan fingerprint density at radius 1 is 1.08 bits per heavy atom. The molecule has 0 heterocycles. The summed E-state index contributed by atoms with van der Waals surface area (Å²) in [5.41, 5.74) is 5.82. The van der Waals surface area contributed by atoms with Crippen LogP contribution in [0.3, 0.4) is 0 Å². The Labute approximate surface area is 149 Å². The summed E-state index contributed by atoms with van der Waals surface area (Å²) >= 11 is 11.7. The summed E-state index contributed by atoms with van der Waals surface area (Å²) in [6, 6.07) is 11.8. The van der Waals surface area contributed by atoms with Crippen LogP contribution in [-0.4, -0.2) is 17.9 Å². The zero-order chi connectivity index (χ0) is 17.7. The molecule has 7 heteroatoms. The van der Waals surface area contributed by atoms with Gasteiger partial charge in [0.1, 0.15) is 5.75 Å². The SMILES string of the molecule is Cc1cccc(OC(C)C(=O)NNC(=O)c2ccc(Cl)cc2Cl)c1. The molecule has 0 radical (unpaired) electrons. The van der Waals surface area contributed by atoms with Crippen molar-refractivity contribution >= 4 is 35.0 Å². The van der Waals surface area contributed by atoms with E-state index in [9.17, 15) is 9.59 Å². The molecule has 1 unspecified atom stereocenters. The first-order chi connectivity index (χ1) is 11.4. The number of nitrogens with one attached hydrogen (secondary N) is 2. The van der Waals surface area contributed by atoms with E-state index in [0.717, 1.165) is 5.56 Å². The van der Waals surface area contributed by atoms with Crippen LogP contribution in [0, 0.1) is 6.92 Å². The lowest BCUT2D eigenvalue weighted by atomic mass is 10.2. The molecular weight excluding hydrogens is 351 g/mol. The third-order valence-corrected chi connectivity index (χ3v) is 3.69. The van der Waals surface area contributed by atoms with Crippen molar-refractivity contribution in [2.24, 2.45) is 0 Å². The molecule has 0 spiro atoms. The van der Waals surface area contributed by atoms with Crippen LogP contribution in [0.4, 0.5) is 0 Å². The van der Waals surface area contributed by atoms with Crippen molar-refractivity contribution in [1.29, 1.82) is 0 Å². The first-order valence-electron chi connectivity index (χ1n) is 7.15. The Bertz CT molecular complexity index is 765. The Morgan fingerprint density at radius 3 is 2.50 bits per heavy atom. The quantitative estimate of drug-likeness (QED) is 0.813. The molecule has 0 fully saturated rings. The fourth-order valence-electron chi connectivity index (χ4n) is 1.91. The minimum Gasteiger partial charge on any atom is -0.481 e. The number of rotatable bonds is 4. The van der Waals surface area contributed by atoms with Crippen molar-refractivity contribution < 1.29 is 14.3 Å². The highest BCUT2D eigenvalue weighted by Crippen LogP contribution is 2.20. The number of halogens is 2. The van der Waals surface area contributed by atoms with Gasteiger partial charge in [0.15, 0.2) is 6.10 Å². The highest BCUT2D eigenvalue weighted by Gasteiger charge is 2.17. The Hall–Kier alpha value is -2.24. The predicted octanol–water partition coefficient (Wildman–Crippen LogP) is 3.53. The normalized spacial score (nSPS) is 11.5. The number of hydrogen-bond donors (Lipinski definition) is 2. The van der Waals surface area contributed by atoms with Crippen LogP contribution in [0.25, 0.3) is 0 Å². The third-order valence-electron chi connectivity index (χ3n) is 3.15. The van der Waals surface area contributed by atoms with E-state index in [1.807, 2.05) is 25.1 Å². The van der Waals surface area contributed by atoms with Crippen molar-refractivity contribution in [3.63, 3.8) is 0 Å². The molecule has 1 atom stereocenters. The molecule has 2 aromatic carbocycles. The summed E-state index contributed by atoms with van der Waals surface area (Å²) in [6.07, 6.45) is -0.784. The van der Waals surface area contributed by atoms with E-state index in [4.69, 9.17) is 27.9 Å². The lowest BCUT2D eigenvalue weighted by molar-refractivity contribution is -0.128. The van der Waals surface area contributed by atoms with E-state index >= 15 is 0 Å². The molecule has 0 aliphatic carbocycles. The summed E-state index contributed by atoms with van der Waals surface area (Å²) in [6.45, 7) is 3.51. The molecular formula is C17H16Cl2N2O3. The van der Waals surface area contributed by atoms with Gasteiger partial charge in [-0.15, -0.1) is 0 Å². The monoisotopic (exact) mass is 366 g/mol. The maximum absolute atomic E-state index is 12.0. The lowest BCUT2D eigenvalue weighted by Gasteiger charge is -2.15. The molecule has 0 saturated carbocycles. The van der Waals surface area contributed by atoms with E-state index in [2.05, 4.69) is 10.9 Å². The molecule has 0 bridgehead atoms. The van der Waals surface area contributed by atoms with Crippen LogP contribution in [0.15, 0.2) is 42.5 Å². The van der Waals surface area contributed by atoms with Gasteiger partial charge in [0.25, 0.3) is 11.8 Å². The Kier molecular flexibility index (Phi) is 6.06. The second kappa shape index (κ2) is 8.04. The number of amides is 2. The molecule has 24 heavy (non-hydrogen) atoms. The molecule has 2 amide bonds. The van der Waals surface area contributed by atoms with Gasteiger partial charge < -0.3 is 4.74 Å². The number of carbonyl (C=O) groups is 2. The summed E-state index contributed by atoms with van der Waals surface area (Å²) in [5.74, 6) is -0.465. The maximum Gasteiger partial charge on any atom is 0.279 e. The first-order valence-corrected chi connectivity index (χ1v) is 7.91. The van der Waals surface area contributed by atoms with Gasteiger partial charge >= 0.3 is 0 Å². The molecule has 0 saturated heterocycles. The van der Waals surface area contributed by atoms with Crippen LogP contribution >= 0.6 is 23.2 Å². The number of benzene rings is 2. The van der Waals surface area contributed by atoms with Gasteiger partial charge in [-0.1, -0.05) is 35.3 Å². The first kappa shape index (κ1) is 18.1. The van der Waals surface area contributed by atoms with E-state index in [-0.39, 0.29) is 10.6 Å². The zero-order valence-corrected chi connectivity index (χ0v) is 14.6. The largest absolute Gasteiger partial charge is 0.481 e. The van der Waals surface area contributed by atoms with Gasteiger partial charge in [0, 0.05) is 5.02 Å². The second-order valence-corrected chi connectivity index (χ2v) is 5.99. The maximum atomic E-state index is 12.0. The molecule has 126 valence electrons. The summed E-state index contributed by atoms with van der Waals surface area (Å²) in [5, 5.41) is 0.610. The van der Waals surface area contributed by atoms with E-state index in [1.54, 1.807) is 13.0 Å². The number of ether oxygens (including phenoxy) is 1. The second-order valence-electron chi connectivity index (χ2n) is 5.14. The van der Waals surface area contributed by atoms with E-state index < -0.39 is 17.9 Å². The number of hydrazine groups is 1. The van der Waals surface area contributed by atoms with Crippen LogP contribution in [-0.2, 0) is 4.79 Å². The molecule has 5 nitrogen and oxygen atoms in total. The van der Waals surface area contributed by atoms with Crippen LogP contribution in [0.1, 0.15) is 22.8 Å². The lowest BCUT2D eigenvalue weighted by Crippen LogP contribution is -2.47. The molecule has 0 aliphatic rings. The van der Waals surface area contributed by atoms with Crippen molar-refractivity contribution in [3.8, 4) is 5.75 Å². The number of carbonyl (C=O) groups excluding carboxylic acids is 2. The summed E-state index contributed by atoms with van der Waals surface area (Å²) in [4.78, 5) is 24.0. The van der Waals surface area contributed by atoms with Crippen molar-refractivity contribution in [3.05, 3.63) is 63.6 Å². The molecule has 0 aliphatic heterocycles. The van der Waals surface area contributed by atoms with Gasteiger partial charge in [0.05, 0.1) is 10.6 Å². The van der Waals surface area contributed by atoms with E-state index in [0.29, 0.717) is 10.8 Å². The number of aryl methyl sites for hydroxylation is 1. The minimum atomic E-state index is -0.784. The Balaban J connectivity index is 1.91. The van der Waals surface area contributed by atoms with Gasteiger partial charge in [-0.05, 0) is 49.7 Å². The van der Waals surface area contributed by atoms with Gasteiger partial charge in [-0.2, -0.15) is 0 Å². The highest BCUT2D eigenvalue weighted by atomic mass is 35.5. The molecule has 2 aromatic rings. The fraction of sp³-hybridized carbons (Fsp3) is 0.176. The highest BCUT2D eigenvalue weighted by molar-refractivity contribution is 6.36. The molecule has 2 rings (SSSR count). The van der Waals surface area contributed by atoms with Gasteiger partial charge in [0.2, 0.25) is 0 Å². The van der Waals surface area contributed by atoms with Gasteiger partial charge in [-0.3, -0.25) is 20.4 Å². The van der Waals surface area contributed by atoms with Gasteiger partial charge in [-0.25, -0.2) is 0 Å². The smallest absolute Gasteiger partial charge is 0.279 e. The van der Waals surface area contributed by atoms with Crippen LogP contribution in [0.2, 0.25) is 10.0 Å². The van der Waals surface area contributed by atoms with Crippen LogP contribution < -0.4 is 15.6 Å². The van der Waals surface area contributed by atoms with Crippen molar-refractivity contribution in [1.82, 2.24) is 10.9 Å². The zero-order valence-electron chi connectivity index (χ0n) is 13.1. The summed E-state index contributed by atoms with van der Waals surface area (Å²) in [7, 11) is 0. The van der Waals surface area contributed by atoms with Crippen molar-refractivity contribution in [2.75, 3.05) is 0 Å². The average molecular weight is 367 g/mol.